The lowest BCUT2D eigenvalue weighted by molar-refractivity contribution is -0.139. The zero-order valence-electron chi connectivity index (χ0n) is 14.8. The first-order chi connectivity index (χ1) is 10.4. The van der Waals surface area contributed by atoms with Gasteiger partial charge < -0.3 is 14.8 Å². The van der Waals surface area contributed by atoms with E-state index in [1.165, 1.54) is 0 Å². The van der Waals surface area contributed by atoms with Crippen molar-refractivity contribution in [2.45, 2.75) is 58.0 Å². The first-order valence-electron chi connectivity index (χ1n) is 7.83. The minimum Gasteiger partial charge on any atom is -0.480 e. The van der Waals surface area contributed by atoms with Crippen LogP contribution in [0.4, 0.5) is 0 Å². The van der Waals surface area contributed by atoms with Crippen molar-refractivity contribution in [3.8, 4) is 0 Å². The predicted molar refractivity (Wildman–Crippen MR) is 97.6 cm³/mol. The van der Waals surface area contributed by atoms with Gasteiger partial charge in [0.1, 0.15) is 6.04 Å². The largest absolute Gasteiger partial charge is 0.480 e. The highest BCUT2D eigenvalue weighted by Crippen LogP contribution is 2.39. The molecule has 0 unspecified atom stereocenters. The molecular weight excluding hydrogens is 330 g/mol. The molecule has 2 atom stereocenters. The molecule has 0 amide bonds. The first-order valence-corrected chi connectivity index (χ1v) is 11.1. The minimum atomic E-state index is -2.00. The molecule has 0 saturated carbocycles. The Morgan fingerprint density at radius 1 is 1.39 bits per heavy atom. The predicted octanol–water partition coefficient (Wildman–Crippen LogP) is 4.47. The van der Waals surface area contributed by atoms with Crippen molar-refractivity contribution in [3.05, 3.63) is 34.9 Å². The van der Waals surface area contributed by atoms with Crippen molar-refractivity contribution >= 4 is 25.9 Å². The number of hydrogen-bond acceptors (Lipinski definition) is 3. The van der Waals surface area contributed by atoms with E-state index in [1.807, 2.05) is 24.3 Å². The molecular formula is C17H28ClNO3Si. The van der Waals surface area contributed by atoms with E-state index in [1.54, 1.807) is 6.92 Å². The Morgan fingerprint density at radius 2 is 2.00 bits per heavy atom. The van der Waals surface area contributed by atoms with E-state index in [0.717, 1.165) is 5.56 Å². The van der Waals surface area contributed by atoms with Crippen molar-refractivity contribution < 1.29 is 14.3 Å². The van der Waals surface area contributed by atoms with Gasteiger partial charge in [-0.3, -0.25) is 4.79 Å². The summed E-state index contributed by atoms with van der Waals surface area (Å²) in [6.07, 6.45) is -0.226. The third-order valence-corrected chi connectivity index (χ3v) is 9.16. The highest BCUT2D eigenvalue weighted by atomic mass is 35.5. The van der Waals surface area contributed by atoms with Gasteiger partial charge in [-0.15, -0.1) is 0 Å². The molecule has 23 heavy (non-hydrogen) atoms. The molecule has 0 aromatic heterocycles. The van der Waals surface area contributed by atoms with Gasteiger partial charge in [0.15, 0.2) is 8.32 Å². The normalized spacial score (nSPS) is 15.3. The summed E-state index contributed by atoms with van der Waals surface area (Å²) < 4.78 is 6.50. The van der Waals surface area contributed by atoms with Crippen molar-refractivity contribution in [1.82, 2.24) is 5.32 Å². The summed E-state index contributed by atoms with van der Waals surface area (Å²) in [7, 11) is -2.00. The number of halogens is 1. The first kappa shape index (κ1) is 20.2. The molecule has 1 aromatic carbocycles. The molecule has 0 radical (unpaired) electrons. The van der Waals surface area contributed by atoms with Crippen LogP contribution in [-0.2, 0) is 9.22 Å². The molecule has 0 saturated heterocycles. The van der Waals surface area contributed by atoms with E-state index in [4.69, 9.17) is 21.1 Å². The van der Waals surface area contributed by atoms with Crippen molar-refractivity contribution in [3.63, 3.8) is 0 Å². The maximum atomic E-state index is 11.0. The Balaban J connectivity index is 3.00. The summed E-state index contributed by atoms with van der Waals surface area (Å²) in [5.74, 6) is -0.873. The second-order valence-electron chi connectivity index (χ2n) is 7.39. The summed E-state index contributed by atoms with van der Waals surface area (Å²) >= 11 is 6.10. The summed E-state index contributed by atoms with van der Waals surface area (Å²) in [6, 6.07) is 6.94. The van der Waals surface area contributed by atoms with E-state index in [2.05, 4.69) is 39.2 Å². The number of nitrogens with one attached hydrogen (secondary N) is 1. The molecule has 0 aliphatic rings. The number of aliphatic carboxylic acids is 1. The smallest absolute Gasteiger partial charge is 0.320 e. The average Bonchev–Trinajstić information content (AvgIpc) is 2.41. The summed E-state index contributed by atoms with van der Waals surface area (Å²) in [5.41, 5.74) is 0.965. The Morgan fingerprint density at radius 3 is 2.48 bits per heavy atom. The van der Waals surface area contributed by atoms with Crippen molar-refractivity contribution in [2.24, 2.45) is 0 Å². The Hall–Kier alpha value is -0.883. The lowest BCUT2D eigenvalue weighted by Gasteiger charge is -2.39. The number of rotatable bonds is 7. The topological polar surface area (TPSA) is 58.6 Å². The van der Waals surface area contributed by atoms with E-state index < -0.39 is 20.3 Å². The lowest BCUT2D eigenvalue weighted by atomic mass is 10.1. The van der Waals surface area contributed by atoms with Crippen LogP contribution < -0.4 is 5.32 Å². The summed E-state index contributed by atoms with van der Waals surface area (Å²) in [5, 5.41) is 12.8. The molecule has 0 fully saturated rings. The van der Waals surface area contributed by atoms with Crippen molar-refractivity contribution in [1.29, 1.82) is 0 Å². The zero-order chi connectivity index (χ0) is 17.8. The Bertz CT molecular complexity index is 543. The molecule has 1 rings (SSSR count). The average molecular weight is 358 g/mol. The maximum Gasteiger partial charge on any atom is 0.320 e. The maximum absolute atomic E-state index is 11.0. The number of benzene rings is 1. The number of carboxylic acids is 1. The van der Waals surface area contributed by atoms with Crippen molar-refractivity contribution in [2.75, 3.05) is 6.54 Å². The van der Waals surface area contributed by atoms with E-state index in [0.29, 0.717) is 11.6 Å². The van der Waals surface area contributed by atoms with Gasteiger partial charge in [-0.2, -0.15) is 0 Å². The van der Waals surface area contributed by atoms with Crippen LogP contribution in [0.25, 0.3) is 0 Å². The molecule has 130 valence electrons. The Labute approximate surface area is 145 Å². The molecule has 4 nitrogen and oxygen atoms in total. The zero-order valence-corrected chi connectivity index (χ0v) is 16.6. The minimum absolute atomic E-state index is 0.0717. The molecule has 0 heterocycles. The van der Waals surface area contributed by atoms with Gasteiger partial charge >= 0.3 is 5.97 Å². The van der Waals surface area contributed by atoms with Crippen LogP contribution in [0.2, 0.25) is 23.2 Å². The van der Waals surface area contributed by atoms with Crippen LogP contribution in [0.5, 0.6) is 0 Å². The van der Waals surface area contributed by atoms with Crippen LogP contribution in [0, 0.1) is 0 Å². The second kappa shape index (κ2) is 7.79. The molecule has 2 N–H and O–H groups in total. The lowest BCUT2D eigenvalue weighted by Crippen LogP contribution is -2.45. The number of carbonyl (C=O) groups is 1. The fraction of sp³-hybridized carbons (Fsp3) is 0.588. The number of hydrogen-bond donors (Lipinski definition) is 2. The molecule has 0 spiro atoms. The second-order valence-corrected chi connectivity index (χ2v) is 12.6. The van der Waals surface area contributed by atoms with Gasteiger partial charge in [-0.1, -0.05) is 44.5 Å². The highest BCUT2D eigenvalue weighted by molar-refractivity contribution is 6.74. The van der Waals surface area contributed by atoms with Crippen LogP contribution >= 0.6 is 11.6 Å². The van der Waals surface area contributed by atoms with Crippen LogP contribution in [0.3, 0.4) is 0 Å². The van der Waals surface area contributed by atoms with E-state index >= 15 is 0 Å². The molecule has 0 bridgehead atoms. The summed E-state index contributed by atoms with van der Waals surface area (Å²) in [4.78, 5) is 11.0. The van der Waals surface area contributed by atoms with Crippen LogP contribution in [0.15, 0.2) is 24.3 Å². The van der Waals surface area contributed by atoms with Gasteiger partial charge in [0.25, 0.3) is 0 Å². The molecule has 0 aliphatic carbocycles. The van der Waals surface area contributed by atoms with E-state index in [9.17, 15) is 4.79 Å². The van der Waals surface area contributed by atoms with Crippen LogP contribution in [0.1, 0.15) is 39.4 Å². The molecule has 6 heteroatoms. The fourth-order valence-corrected chi connectivity index (χ4v) is 3.32. The van der Waals surface area contributed by atoms with Gasteiger partial charge in [-0.25, -0.2) is 0 Å². The quantitative estimate of drug-likeness (QED) is 0.707. The third kappa shape index (κ3) is 5.92. The fourth-order valence-electron chi connectivity index (χ4n) is 1.84. The molecule has 0 aliphatic heterocycles. The standard InChI is InChI=1S/C17H28ClNO3Si/c1-12(16(20)21)19-11-15(13-8-7-9-14(18)10-13)22-23(5,6)17(2,3)4/h7-10,12,15,19H,11H2,1-6H3,(H,20,21)/t12-,15-/m0/s1. The SMILES string of the molecule is C[C@H](NC[C@H](O[Si](C)(C)C(C)(C)C)c1cccc(Cl)c1)C(=O)O. The van der Waals surface area contributed by atoms with Gasteiger partial charge in [0, 0.05) is 11.6 Å². The van der Waals surface area contributed by atoms with E-state index in [-0.39, 0.29) is 11.1 Å². The van der Waals surface area contributed by atoms with Gasteiger partial charge in [-0.05, 0) is 42.8 Å². The third-order valence-electron chi connectivity index (χ3n) is 4.44. The monoisotopic (exact) mass is 357 g/mol. The molecule has 1 aromatic rings. The highest BCUT2D eigenvalue weighted by Gasteiger charge is 2.39. The van der Waals surface area contributed by atoms with Gasteiger partial charge in [0.05, 0.1) is 6.10 Å². The summed E-state index contributed by atoms with van der Waals surface area (Å²) in [6.45, 7) is 13.0. The Kier molecular flexibility index (Phi) is 6.83. The van der Waals surface area contributed by atoms with Gasteiger partial charge in [0.2, 0.25) is 0 Å². The number of carboxylic acid groups (broad SMARTS) is 1. The van der Waals surface area contributed by atoms with Crippen LogP contribution in [-0.4, -0.2) is 32.0 Å².